The van der Waals surface area contributed by atoms with Gasteiger partial charge in [-0.05, 0) is 19.8 Å². The first kappa shape index (κ1) is 15.6. The van der Waals surface area contributed by atoms with Crippen LogP contribution in [0.5, 0.6) is 0 Å². The molecule has 0 spiro atoms. The van der Waals surface area contributed by atoms with E-state index in [1.807, 2.05) is 5.92 Å². The number of hydrogen-bond donors (Lipinski definition) is 1. The molecule has 0 aliphatic heterocycles. The van der Waals surface area contributed by atoms with Crippen molar-refractivity contribution in [2.45, 2.75) is 18.8 Å². The molecular formula is C6H7NaO5S. The van der Waals surface area contributed by atoms with Crippen molar-refractivity contribution in [2.75, 3.05) is 0 Å². The molecule has 0 heterocycles. The molecule has 0 amide bonds. The summed E-state index contributed by atoms with van der Waals surface area (Å²) in [6.07, 6.45) is 0. The first-order valence-corrected chi connectivity index (χ1v) is 4.29. The zero-order valence-electron chi connectivity index (χ0n) is 7.49. The summed E-state index contributed by atoms with van der Waals surface area (Å²) in [6, 6.07) is 0. The molecule has 0 aliphatic rings. The number of ketones is 1. The zero-order chi connectivity index (χ0) is 9.99. The maximum absolute atomic E-state index is 10.6. The van der Waals surface area contributed by atoms with Crippen molar-refractivity contribution in [1.82, 2.24) is 0 Å². The molecule has 0 saturated heterocycles. The van der Waals surface area contributed by atoms with Crippen LogP contribution in [0.3, 0.4) is 0 Å². The average molecular weight is 214 g/mol. The maximum Gasteiger partial charge on any atom is 1.00 e. The molecule has 1 unspecified atom stereocenters. The average Bonchev–Trinajstić information content (AvgIpc) is 1.85. The fourth-order valence-corrected chi connectivity index (χ4v) is 1.08. The van der Waals surface area contributed by atoms with Gasteiger partial charge in [-0.3, -0.25) is 4.79 Å². The van der Waals surface area contributed by atoms with Crippen LogP contribution in [0, 0.1) is 11.8 Å². The fourth-order valence-electron chi connectivity index (χ4n) is 0.496. The molecule has 0 bridgehead atoms. The normalized spacial score (nSPS) is 14.5. The third kappa shape index (κ3) is 3.38. The summed E-state index contributed by atoms with van der Waals surface area (Å²) >= 11 is 0. The van der Waals surface area contributed by atoms with Gasteiger partial charge in [0.2, 0.25) is 0 Å². The Bertz CT molecular complexity index is 349. The first-order valence-electron chi connectivity index (χ1n) is 2.88. The number of hydrogen-bond acceptors (Lipinski definition) is 5. The van der Waals surface area contributed by atoms with Crippen LogP contribution in [0.2, 0.25) is 0 Å². The fraction of sp³-hybridized carbons (Fsp3) is 0.500. The van der Waals surface area contributed by atoms with Crippen molar-refractivity contribution >= 4 is 15.9 Å². The Kier molecular flexibility index (Phi) is 6.11. The largest absolute Gasteiger partial charge is 1.00 e. The van der Waals surface area contributed by atoms with E-state index in [-0.39, 0.29) is 29.6 Å². The smallest absolute Gasteiger partial charge is 0.745 e. The molecule has 0 aromatic rings. The molecule has 0 radical (unpaired) electrons. The van der Waals surface area contributed by atoms with Gasteiger partial charge in [-0.1, -0.05) is 0 Å². The summed E-state index contributed by atoms with van der Waals surface area (Å²) in [5, 5.41) is 9.00. The second kappa shape index (κ2) is 5.10. The van der Waals surface area contributed by atoms with Gasteiger partial charge in [0.25, 0.3) is 4.93 Å². The molecule has 0 aliphatic carbocycles. The summed E-state index contributed by atoms with van der Waals surface area (Å²) in [4.78, 5) is 7.48. The molecule has 0 aromatic carbocycles. The number of Topliss-reactive ketones (excluding diaryl/α,β-unsaturated/α-hetero) is 1. The Morgan fingerprint density at radius 1 is 1.54 bits per heavy atom. The number of carbonyl (C=O) groups excluding carboxylic acids is 1. The van der Waals surface area contributed by atoms with E-state index in [0.29, 0.717) is 0 Å². The van der Waals surface area contributed by atoms with Crippen LogP contribution in [-0.4, -0.2) is 28.8 Å². The first-order chi connectivity index (χ1) is 5.25. The van der Waals surface area contributed by atoms with Crippen LogP contribution in [0.4, 0.5) is 0 Å². The topological polar surface area (TPSA) is 94.5 Å². The van der Waals surface area contributed by atoms with Crippen molar-refractivity contribution in [3.05, 3.63) is 0 Å². The van der Waals surface area contributed by atoms with Crippen LogP contribution in [0.1, 0.15) is 13.8 Å². The van der Waals surface area contributed by atoms with Gasteiger partial charge in [-0.15, -0.1) is 5.92 Å². The summed E-state index contributed by atoms with van der Waals surface area (Å²) in [6.45, 7) is 1.98. The standard InChI is InChI=1S/C6H8O5S.Na/c1-3-4-6(8,5(2)7)12(9,10)11;/h8H,1-2H3,(H,9,10,11);/q;+1/p-1. The Morgan fingerprint density at radius 3 is 2.00 bits per heavy atom. The van der Waals surface area contributed by atoms with Crippen LogP contribution in [0.25, 0.3) is 0 Å². The third-order valence-corrected chi connectivity index (χ3v) is 2.25. The van der Waals surface area contributed by atoms with Gasteiger partial charge < -0.3 is 9.66 Å². The summed E-state index contributed by atoms with van der Waals surface area (Å²) in [7, 11) is -5.14. The minimum absolute atomic E-state index is 0. The summed E-state index contributed by atoms with van der Waals surface area (Å²) in [5.41, 5.74) is 0. The van der Waals surface area contributed by atoms with E-state index in [1.165, 1.54) is 6.92 Å². The van der Waals surface area contributed by atoms with Gasteiger partial charge in [0.05, 0.1) is 0 Å². The molecule has 1 atom stereocenters. The van der Waals surface area contributed by atoms with Crippen molar-refractivity contribution in [1.29, 1.82) is 0 Å². The van der Waals surface area contributed by atoms with Crippen molar-refractivity contribution in [3.63, 3.8) is 0 Å². The van der Waals surface area contributed by atoms with Gasteiger partial charge in [0.15, 0.2) is 5.78 Å². The van der Waals surface area contributed by atoms with E-state index in [9.17, 15) is 17.8 Å². The molecule has 0 aromatic heterocycles. The molecule has 7 heteroatoms. The van der Waals surface area contributed by atoms with E-state index in [2.05, 4.69) is 0 Å². The van der Waals surface area contributed by atoms with Gasteiger partial charge >= 0.3 is 29.6 Å². The van der Waals surface area contributed by atoms with E-state index < -0.39 is 20.8 Å². The number of aliphatic hydroxyl groups is 1. The van der Waals surface area contributed by atoms with E-state index in [4.69, 9.17) is 5.11 Å². The Balaban J connectivity index is 0. The van der Waals surface area contributed by atoms with Crippen LogP contribution >= 0.6 is 0 Å². The summed E-state index contributed by atoms with van der Waals surface area (Å²) in [5.74, 6) is 2.45. The Labute approximate surface area is 98.6 Å². The molecule has 0 saturated carbocycles. The monoisotopic (exact) mass is 214 g/mol. The predicted molar refractivity (Wildman–Crippen MR) is 38.8 cm³/mol. The van der Waals surface area contributed by atoms with Crippen molar-refractivity contribution in [3.8, 4) is 11.8 Å². The van der Waals surface area contributed by atoms with Crippen LogP contribution in [0.15, 0.2) is 0 Å². The van der Waals surface area contributed by atoms with Gasteiger partial charge in [-0.2, -0.15) is 0 Å². The molecule has 13 heavy (non-hydrogen) atoms. The quantitative estimate of drug-likeness (QED) is 0.286. The molecule has 1 N–H and O–H groups in total. The third-order valence-electron chi connectivity index (χ3n) is 1.13. The molecule has 0 fully saturated rings. The Morgan fingerprint density at radius 2 is 1.92 bits per heavy atom. The van der Waals surface area contributed by atoms with E-state index >= 15 is 0 Å². The maximum atomic E-state index is 10.6. The SMILES string of the molecule is CC#CC(O)(C(C)=O)S(=O)(=O)[O-].[Na+]. The zero-order valence-corrected chi connectivity index (χ0v) is 10.3. The van der Waals surface area contributed by atoms with Crippen molar-refractivity contribution < 1.29 is 52.4 Å². The van der Waals surface area contributed by atoms with E-state index in [1.54, 1.807) is 5.92 Å². The second-order valence-electron chi connectivity index (χ2n) is 2.03. The molecular weight excluding hydrogens is 207 g/mol. The van der Waals surface area contributed by atoms with Gasteiger partial charge in [0.1, 0.15) is 10.1 Å². The molecule has 5 nitrogen and oxygen atoms in total. The second-order valence-corrected chi connectivity index (χ2v) is 3.53. The van der Waals surface area contributed by atoms with Crippen LogP contribution < -0.4 is 29.6 Å². The van der Waals surface area contributed by atoms with Gasteiger partial charge in [0, 0.05) is 0 Å². The van der Waals surface area contributed by atoms with Gasteiger partial charge in [-0.25, -0.2) is 8.42 Å². The number of rotatable bonds is 2. The van der Waals surface area contributed by atoms with E-state index in [0.717, 1.165) is 6.92 Å². The van der Waals surface area contributed by atoms with Crippen molar-refractivity contribution in [2.24, 2.45) is 0 Å². The predicted octanol–water partition coefficient (Wildman–Crippen LogP) is -4.16. The molecule has 68 valence electrons. The van der Waals surface area contributed by atoms with Crippen LogP contribution in [-0.2, 0) is 14.9 Å². The minimum Gasteiger partial charge on any atom is -0.745 e. The Hall–Kier alpha value is 0.1000. The number of carbonyl (C=O) groups is 1. The summed E-state index contributed by atoms with van der Waals surface area (Å²) < 4.78 is 31.1. The minimum atomic E-state index is -5.14. The molecule has 0 rings (SSSR count).